The second-order valence-corrected chi connectivity index (χ2v) is 7.35. The van der Waals surface area contributed by atoms with Gasteiger partial charge in [-0.25, -0.2) is 4.79 Å². The van der Waals surface area contributed by atoms with Gasteiger partial charge in [0.05, 0.1) is 24.4 Å². The van der Waals surface area contributed by atoms with Gasteiger partial charge < -0.3 is 44.1 Å². The van der Waals surface area contributed by atoms with Crippen molar-refractivity contribution in [3.05, 3.63) is 23.5 Å². The second kappa shape index (κ2) is 7.67. The van der Waals surface area contributed by atoms with Gasteiger partial charge in [0, 0.05) is 12.8 Å². The van der Waals surface area contributed by atoms with Crippen molar-refractivity contribution in [3.63, 3.8) is 0 Å². The summed E-state index contributed by atoms with van der Waals surface area (Å²) in [5.74, 6) is -1.99. The zero-order valence-electron chi connectivity index (χ0n) is 15.4. The van der Waals surface area contributed by atoms with Gasteiger partial charge in [-0.1, -0.05) is 0 Å². The number of rotatable bonds is 5. The standard InChI is InChI=1S/C18H22O11/c1-6(20)25-4-7-2-9-12-8(16(24)27-9)5-26-17(11(7)12)29-18-15(23)14(22)13(21)10(3-19)28-18/h2,5,9-15,17-19,21-23H,3-4H2,1H3. The summed E-state index contributed by atoms with van der Waals surface area (Å²) in [6.07, 6.45) is -6.03. The molecule has 160 valence electrons. The predicted molar refractivity (Wildman–Crippen MR) is 89.4 cm³/mol. The van der Waals surface area contributed by atoms with Crippen LogP contribution in [0.4, 0.5) is 0 Å². The molecule has 4 aliphatic rings. The lowest BCUT2D eigenvalue weighted by atomic mass is 9.84. The maximum Gasteiger partial charge on any atom is 0.338 e. The molecule has 0 aromatic carbocycles. The summed E-state index contributed by atoms with van der Waals surface area (Å²) in [5.41, 5.74) is 0.936. The molecule has 9 unspecified atom stereocenters. The molecule has 0 saturated carbocycles. The van der Waals surface area contributed by atoms with E-state index in [9.17, 15) is 30.0 Å². The van der Waals surface area contributed by atoms with Crippen LogP contribution in [-0.2, 0) is 33.3 Å². The van der Waals surface area contributed by atoms with E-state index in [1.54, 1.807) is 6.08 Å². The Bertz CT molecular complexity index is 744. The van der Waals surface area contributed by atoms with Gasteiger partial charge in [0.15, 0.2) is 6.29 Å². The maximum atomic E-state index is 12.0. The first-order valence-corrected chi connectivity index (χ1v) is 9.18. The highest BCUT2D eigenvalue weighted by molar-refractivity contribution is 5.92. The first kappa shape index (κ1) is 20.3. The van der Waals surface area contributed by atoms with E-state index in [1.807, 2.05) is 0 Å². The van der Waals surface area contributed by atoms with Crippen LogP contribution in [0.3, 0.4) is 0 Å². The van der Waals surface area contributed by atoms with Crippen molar-refractivity contribution in [1.82, 2.24) is 0 Å². The largest absolute Gasteiger partial charge is 0.471 e. The van der Waals surface area contributed by atoms with E-state index in [1.165, 1.54) is 13.2 Å². The molecule has 0 bridgehead atoms. The minimum Gasteiger partial charge on any atom is -0.471 e. The summed E-state index contributed by atoms with van der Waals surface area (Å²) in [7, 11) is 0. The molecular weight excluding hydrogens is 392 g/mol. The van der Waals surface area contributed by atoms with Crippen LogP contribution in [0.1, 0.15) is 6.92 Å². The molecule has 0 aromatic heterocycles. The Kier molecular flexibility index (Phi) is 5.36. The quantitative estimate of drug-likeness (QED) is 0.283. The van der Waals surface area contributed by atoms with E-state index in [-0.39, 0.29) is 6.61 Å². The molecule has 29 heavy (non-hydrogen) atoms. The molecule has 0 spiro atoms. The van der Waals surface area contributed by atoms with Gasteiger partial charge in [0.2, 0.25) is 6.29 Å². The van der Waals surface area contributed by atoms with E-state index in [2.05, 4.69) is 0 Å². The summed E-state index contributed by atoms with van der Waals surface area (Å²) in [4.78, 5) is 23.2. The molecule has 0 radical (unpaired) electrons. The number of aliphatic hydroxyl groups is 4. The molecule has 1 aliphatic carbocycles. The summed E-state index contributed by atoms with van der Waals surface area (Å²) in [5, 5.41) is 39.4. The number of carbonyl (C=O) groups is 2. The number of hydrogen-bond acceptors (Lipinski definition) is 11. The van der Waals surface area contributed by atoms with Crippen molar-refractivity contribution in [2.45, 2.75) is 50.0 Å². The smallest absolute Gasteiger partial charge is 0.338 e. The van der Waals surface area contributed by atoms with Crippen molar-refractivity contribution in [2.24, 2.45) is 11.8 Å². The van der Waals surface area contributed by atoms with E-state index in [4.69, 9.17) is 23.7 Å². The minimum absolute atomic E-state index is 0.0598. The fourth-order valence-electron chi connectivity index (χ4n) is 4.12. The van der Waals surface area contributed by atoms with Gasteiger partial charge >= 0.3 is 11.9 Å². The van der Waals surface area contributed by atoms with E-state index < -0.39 is 73.5 Å². The van der Waals surface area contributed by atoms with Gasteiger partial charge in [-0.15, -0.1) is 0 Å². The molecule has 11 nitrogen and oxygen atoms in total. The SMILES string of the molecule is CC(=O)OCC1=CC2OC(=O)C3=COC(OC4OC(CO)C(O)C(O)C4O)C1C32. The molecule has 2 saturated heterocycles. The van der Waals surface area contributed by atoms with E-state index >= 15 is 0 Å². The number of aliphatic hydroxyl groups excluding tert-OH is 4. The summed E-state index contributed by atoms with van der Waals surface area (Å²) < 4.78 is 27.0. The van der Waals surface area contributed by atoms with Crippen molar-refractivity contribution < 1.29 is 53.7 Å². The van der Waals surface area contributed by atoms with E-state index in [0.29, 0.717) is 11.1 Å². The first-order valence-electron chi connectivity index (χ1n) is 9.18. The molecule has 3 heterocycles. The van der Waals surface area contributed by atoms with Crippen molar-refractivity contribution in [3.8, 4) is 0 Å². The van der Waals surface area contributed by atoms with Gasteiger partial charge in [-0.3, -0.25) is 4.79 Å². The van der Waals surface area contributed by atoms with Gasteiger partial charge in [-0.2, -0.15) is 0 Å². The summed E-state index contributed by atoms with van der Waals surface area (Å²) in [6, 6.07) is 0. The fourth-order valence-corrected chi connectivity index (χ4v) is 4.12. The Labute approximate surface area is 165 Å². The molecule has 4 rings (SSSR count). The van der Waals surface area contributed by atoms with Crippen LogP contribution in [0.2, 0.25) is 0 Å². The summed E-state index contributed by atoms with van der Waals surface area (Å²) >= 11 is 0. The number of carbonyl (C=O) groups excluding carboxylic acids is 2. The molecule has 0 aromatic rings. The molecular formula is C18H22O11. The molecule has 3 aliphatic heterocycles. The zero-order valence-corrected chi connectivity index (χ0v) is 15.4. The Morgan fingerprint density at radius 2 is 1.90 bits per heavy atom. The van der Waals surface area contributed by atoms with E-state index in [0.717, 1.165) is 0 Å². The fraction of sp³-hybridized carbons (Fsp3) is 0.667. The lowest BCUT2D eigenvalue weighted by molar-refractivity contribution is -0.339. The summed E-state index contributed by atoms with van der Waals surface area (Å²) in [6.45, 7) is 0.602. The molecule has 0 amide bonds. The highest BCUT2D eigenvalue weighted by atomic mass is 16.8. The van der Waals surface area contributed by atoms with Crippen molar-refractivity contribution >= 4 is 11.9 Å². The Morgan fingerprint density at radius 3 is 2.59 bits per heavy atom. The monoisotopic (exact) mass is 414 g/mol. The second-order valence-electron chi connectivity index (χ2n) is 7.35. The highest BCUT2D eigenvalue weighted by Gasteiger charge is 2.56. The lowest BCUT2D eigenvalue weighted by Gasteiger charge is -2.42. The molecule has 2 fully saturated rings. The van der Waals surface area contributed by atoms with Gasteiger partial charge in [0.25, 0.3) is 0 Å². The number of hydrogen-bond donors (Lipinski definition) is 4. The van der Waals surface area contributed by atoms with Crippen LogP contribution < -0.4 is 0 Å². The Morgan fingerprint density at radius 1 is 1.14 bits per heavy atom. The average molecular weight is 414 g/mol. The van der Waals surface area contributed by atoms with Crippen LogP contribution in [0, 0.1) is 11.8 Å². The average Bonchev–Trinajstić information content (AvgIpc) is 3.20. The lowest BCUT2D eigenvalue weighted by Crippen LogP contribution is -2.60. The van der Waals surface area contributed by atoms with Crippen LogP contribution in [0.5, 0.6) is 0 Å². The Balaban J connectivity index is 1.56. The van der Waals surface area contributed by atoms with Gasteiger partial charge in [-0.05, 0) is 11.6 Å². The normalized spacial score (nSPS) is 43.1. The highest BCUT2D eigenvalue weighted by Crippen LogP contribution is 2.49. The molecule has 4 N–H and O–H groups in total. The molecule has 11 heteroatoms. The zero-order chi connectivity index (χ0) is 20.9. The van der Waals surface area contributed by atoms with Crippen molar-refractivity contribution in [2.75, 3.05) is 13.2 Å². The van der Waals surface area contributed by atoms with Gasteiger partial charge in [0.1, 0.15) is 37.1 Å². The maximum absolute atomic E-state index is 12.0. The van der Waals surface area contributed by atoms with Crippen LogP contribution >= 0.6 is 0 Å². The van der Waals surface area contributed by atoms with Crippen molar-refractivity contribution in [1.29, 1.82) is 0 Å². The third kappa shape index (κ3) is 3.43. The Hall–Kier alpha value is -2.02. The minimum atomic E-state index is -1.61. The topological polar surface area (TPSA) is 161 Å². The van der Waals surface area contributed by atoms with Crippen LogP contribution in [0.15, 0.2) is 23.5 Å². The molecule has 9 atom stereocenters. The van der Waals surface area contributed by atoms with Crippen LogP contribution in [-0.4, -0.2) is 88.7 Å². The predicted octanol–water partition coefficient (Wildman–Crippen LogP) is -2.30. The number of esters is 2. The number of ether oxygens (including phenoxy) is 5. The first-order chi connectivity index (χ1) is 13.8. The van der Waals surface area contributed by atoms with Crippen LogP contribution in [0.25, 0.3) is 0 Å². The third-order valence-electron chi connectivity index (χ3n) is 5.57. The third-order valence-corrected chi connectivity index (χ3v) is 5.57.